The Morgan fingerprint density at radius 1 is 1.07 bits per heavy atom. The van der Waals surface area contributed by atoms with Crippen LogP contribution in [0.5, 0.6) is 0 Å². The van der Waals surface area contributed by atoms with E-state index in [2.05, 4.69) is 10.0 Å². The molecule has 1 aromatic heterocycles. The maximum absolute atomic E-state index is 12.9. The number of hydrogen-bond acceptors (Lipinski definition) is 4. The average molecular weight is 459 g/mol. The van der Waals surface area contributed by atoms with Crippen LogP contribution in [0.1, 0.15) is 21.7 Å². The number of halogens is 4. The predicted molar refractivity (Wildman–Crippen MR) is 104 cm³/mol. The minimum Gasteiger partial charge on any atom is -0.459 e. The van der Waals surface area contributed by atoms with Gasteiger partial charge in [-0.25, -0.2) is 13.1 Å². The van der Waals surface area contributed by atoms with Gasteiger partial charge in [0.05, 0.1) is 16.8 Å². The summed E-state index contributed by atoms with van der Waals surface area (Å²) >= 11 is 5.79. The van der Waals surface area contributed by atoms with Crippen molar-refractivity contribution in [2.45, 2.75) is 17.6 Å². The molecule has 30 heavy (non-hydrogen) atoms. The molecule has 0 saturated carbocycles. The molecule has 0 aliphatic carbocycles. The molecule has 0 spiro atoms. The number of benzene rings is 2. The third-order valence-electron chi connectivity index (χ3n) is 3.97. The van der Waals surface area contributed by atoms with Crippen LogP contribution in [0.15, 0.2) is 70.2 Å². The van der Waals surface area contributed by atoms with E-state index in [0.29, 0.717) is 23.4 Å². The summed E-state index contributed by atoms with van der Waals surface area (Å²) in [4.78, 5) is 11.2. The van der Waals surface area contributed by atoms with Gasteiger partial charge in [0.25, 0.3) is 5.91 Å². The Morgan fingerprint density at radius 3 is 2.37 bits per heavy atom. The van der Waals surface area contributed by atoms with Crippen LogP contribution in [0.25, 0.3) is 0 Å². The van der Waals surface area contributed by atoms with Gasteiger partial charge in [-0.1, -0.05) is 23.7 Å². The number of sulfonamides is 1. The van der Waals surface area contributed by atoms with Crippen molar-refractivity contribution in [3.63, 3.8) is 0 Å². The molecule has 1 amide bonds. The molecule has 0 aliphatic heterocycles. The number of amides is 1. The highest BCUT2D eigenvalue weighted by molar-refractivity contribution is 7.89. The Hall–Kier alpha value is -2.82. The van der Waals surface area contributed by atoms with Gasteiger partial charge in [0, 0.05) is 12.2 Å². The standard InChI is InChI=1S/C19H14ClF3N2O4S/c20-15-8-5-13(19(21,22)23)10-17(15)30(27,28)24-11-12-3-6-14(7-4-12)25-18(26)16-2-1-9-29-16/h1-10,24H,11H2,(H,25,26). The van der Waals surface area contributed by atoms with Gasteiger partial charge in [-0.2, -0.15) is 13.2 Å². The SMILES string of the molecule is O=C(Nc1ccc(CNS(=O)(=O)c2cc(C(F)(F)F)ccc2Cl)cc1)c1ccco1. The number of anilines is 1. The molecule has 11 heteroatoms. The molecule has 1 heterocycles. The first kappa shape index (κ1) is 21.9. The van der Waals surface area contributed by atoms with E-state index >= 15 is 0 Å². The summed E-state index contributed by atoms with van der Waals surface area (Å²) in [6.07, 6.45) is -3.34. The lowest BCUT2D eigenvalue weighted by molar-refractivity contribution is -0.137. The van der Waals surface area contributed by atoms with E-state index in [1.54, 1.807) is 30.3 Å². The van der Waals surface area contributed by atoms with Crippen molar-refractivity contribution in [3.05, 3.63) is 82.8 Å². The lowest BCUT2D eigenvalue weighted by Crippen LogP contribution is -2.24. The molecule has 0 fully saturated rings. The fourth-order valence-electron chi connectivity index (χ4n) is 2.45. The highest BCUT2D eigenvalue weighted by Gasteiger charge is 2.32. The molecule has 3 aromatic rings. The van der Waals surface area contributed by atoms with Gasteiger partial charge in [-0.15, -0.1) is 0 Å². The van der Waals surface area contributed by atoms with Crippen LogP contribution < -0.4 is 10.0 Å². The molecule has 2 aromatic carbocycles. The van der Waals surface area contributed by atoms with Gasteiger partial charge < -0.3 is 9.73 Å². The molecule has 3 rings (SSSR count). The van der Waals surface area contributed by atoms with Crippen molar-refractivity contribution in [2.75, 3.05) is 5.32 Å². The maximum atomic E-state index is 12.9. The third-order valence-corrected chi connectivity index (χ3v) is 5.85. The number of rotatable bonds is 6. The third kappa shape index (κ3) is 5.21. The summed E-state index contributed by atoms with van der Waals surface area (Å²) in [5.74, 6) is -0.322. The molecule has 0 bridgehead atoms. The van der Waals surface area contributed by atoms with Crippen LogP contribution in [0, 0.1) is 0 Å². The number of alkyl halides is 3. The van der Waals surface area contributed by atoms with Crippen LogP contribution in [-0.4, -0.2) is 14.3 Å². The van der Waals surface area contributed by atoms with Gasteiger partial charge in [0.15, 0.2) is 5.76 Å². The normalized spacial score (nSPS) is 12.0. The van der Waals surface area contributed by atoms with Crippen LogP contribution in [0.3, 0.4) is 0 Å². The molecule has 0 saturated heterocycles. The molecule has 0 aliphatic rings. The molecular formula is C19H14ClF3N2O4S. The van der Waals surface area contributed by atoms with E-state index in [-0.39, 0.29) is 17.3 Å². The lowest BCUT2D eigenvalue weighted by Gasteiger charge is -2.12. The van der Waals surface area contributed by atoms with E-state index in [4.69, 9.17) is 16.0 Å². The highest BCUT2D eigenvalue weighted by atomic mass is 35.5. The second kappa shape index (κ2) is 8.50. The van der Waals surface area contributed by atoms with Gasteiger partial charge in [-0.05, 0) is 48.0 Å². The summed E-state index contributed by atoms with van der Waals surface area (Å²) in [7, 11) is -4.29. The number of nitrogens with one attached hydrogen (secondary N) is 2. The van der Waals surface area contributed by atoms with E-state index in [0.717, 1.165) is 6.07 Å². The average Bonchev–Trinajstić information content (AvgIpc) is 3.22. The van der Waals surface area contributed by atoms with Gasteiger partial charge in [0.1, 0.15) is 4.90 Å². The van der Waals surface area contributed by atoms with E-state index in [1.165, 1.54) is 12.3 Å². The first-order chi connectivity index (χ1) is 14.1. The number of furan rings is 1. The number of carbonyl (C=O) groups is 1. The van der Waals surface area contributed by atoms with Crippen LogP contribution in [-0.2, 0) is 22.7 Å². The highest BCUT2D eigenvalue weighted by Crippen LogP contribution is 2.33. The van der Waals surface area contributed by atoms with Gasteiger partial charge >= 0.3 is 6.18 Å². The monoisotopic (exact) mass is 458 g/mol. The van der Waals surface area contributed by atoms with E-state index in [9.17, 15) is 26.4 Å². The van der Waals surface area contributed by atoms with Crippen molar-refractivity contribution in [1.29, 1.82) is 0 Å². The van der Waals surface area contributed by atoms with Crippen LogP contribution >= 0.6 is 11.6 Å². The Morgan fingerprint density at radius 2 is 1.77 bits per heavy atom. The van der Waals surface area contributed by atoms with Crippen molar-refractivity contribution in [3.8, 4) is 0 Å². The molecule has 6 nitrogen and oxygen atoms in total. The molecule has 158 valence electrons. The number of carbonyl (C=O) groups excluding carboxylic acids is 1. The molecule has 2 N–H and O–H groups in total. The summed E-state index contributed by atoms with van der Waals surface area (Å²) < 4.78 is 70.6. The van der Waals surface area contributed by atoms with Crippen molar-refractivity contribution >= 4 is 33.2 Å². The first-order valence-corrected chi connectivity index (χ1v) is 10.2. The lowest BCUT2D eigenvalue weighted by atomic mass is 10.2. The van der Waals surface area contributed by atoms with Crippen molar-refractivity contribution in [1.82, 2.24) is 4.72 Å². The molecule has 0 atom stereocenters. The minimum absolute atomic E-state index is 0.129. The number of hydrogen-bond donors (Lipinski definition) is 2. The summed E-state index contributed by atoms with van der Waals surface area (Å²) in [5.41, 5.74) is -0.162. The predicted octanol–water partition coefficient (Wildman–Crippen LogP) is 4.68. The Bertz CT molecular complexity index is 1150. The van der Waals surface area contributed by atoms with Gasteiger partial charge in [0.2, 0.25) is 10.0 Å². The van der Waals surface area contributed by atoms with E-state index in [1.807, 2.05) is 0 Å². The second-order valence-electron chi connectivity index (χ2n) is 6.10. The molecular weight excluding hydrogens is 445 g/mol. The summed E-state index contributed by atoms with van der Waals surface area (Å²) in [5, 5.41) is 2.27. The zero-order valence-corrected chi connectivity index (χ0v) is 16.6. The largest absolute Gasteiger partial charge is 0.459 e. The second-order valence-corrected chi connectivity index (χ2v) is 8.24. The summed E-state index contributed by atoms with van der Waals surface area (Å²) in [6.45, 7) is -0.193. The zero-order valence-electron chi connectivity index (χ0n) is 15.0. The minimum atomic E-state index is -4.70. The quantitative estimate of drug-likeness (QED) is 0.561. The molecule has 0 radical (unpaired) electrons. The van der Waals surface area contributed by atoms with Gasteiger partial charge in [-0.3, -0.25) is 4.79 Å². The zero-order chi connectivity index (χ0) is 21.9. The van der Waals surface area contributed by atoms with Crippen molar-refractivity contribution < 1.29 is 30.8 Å². The van der Waals surface area contributed by atoms with E-state index < -0.39 is 32.6 Å². The van der Waals surface area contributed by atoms with Crippen molar-refractivity contribution in [2.24, 2.45) is 0 Å². The Kier molecular flexibility index (Phi) is 6.20. The topological polar surface area (TPSA) is 88.4 Å². The first-order valence-electron chi connectivity index (χ1n) is 8.36. The summed E-state index contributed by atoms with van der Waals surface area (Å²) in [6, 6.07) is 11.3. The van der Waals surface area contributed by atoms with Crippen LogP contribution in [0.2, 0.25) is 5.02 Å². The fourth-order valence-corrected chi connectivity index (χ4v) is 3.99. The molecule has 0 unspecified atom stereocenters. The Balaban J connectivity index is 1.68. The fraction of sp³-hybridized carbons (Fsp3) is 0.105. The van der Waals surface area contributed by atoms with Crippen LogP contribution in [0.4, 0.5) is 18.9 Å². The Labute approximate surface area is 174 Å². The smallest absolute Gasteiger partial charge is 0.416 e. The maximum Gasteiger partial charge on any atom is 0.416 e.